The Balaban J connectivity index is 1.65. The van der Waals surface area contributed by atoms with E-state index in [4.69, 9.17) is 4.99 Å². The van der Waals surface area contributed by atoms with E-state index < -0.39 is 5.97 Å². The molecule has 1 amide bonds. The second-order valence-corrected chi connectivity index (χ2v) is 14.8. The Morgan fingerprint density at radius 2 is 1.68 bits per heavy atom. The van der Waals surface area contributed by atoms with Crippen LogP contribution < -0.4 is 0 Å². The average molecular weight is 530 g/mol. The number of hydrogen-bond donors (Lipinski definition) is 1. The third kappa shape index (κ3) is 6.58. The van der Waals surface area contributed by atoms with Gasteiger partial charge in [-0.15, -0.1) is 0 Å². The highest BCUT2D eigenvalue weighted by Gasteiger charge is 2.49. The molecule has 2 aliphatic carbocycles. The molecule has 0 radical (unpaired) electrons. The molecule has 4 rings (SSSR count). The van der Waals surface area contributed by atoms with Crippen molar-refractivity contribution < 1.29 is 14.7 Å². The van der Waals surface area contributed by atoms with Gasteiger partial charge in [-0.2, -0.15) is 0 Å². The maximum atomic E-state index is 14.4. The Hall–Kier alpha value is -1.59. The predicted octanol–water partition coefficient (Wildman–Crippen LogP) is 6.77. The van der Waals surface area contributed by atoms with Gasteiger partial charge < -0.3 is 14.9 Å². The van der Waals surface area contributed by atoms with Crippen LogP contribution in [0.4, 0.5) is 0 Å². The van der Waals surface area contributed by atoms with Gasteiger partial charge in [0.1, 0.15) is 0 Å². The van der Waals surface area contributed by atoms with E-state index in [9.17, 15) is 14.7 Å². The maximum absolute atomic E-state index is 14.4. The van der Waals surface area contributed by atoms with Crippen LogP contribution in [0, 0.1) is 29.1 Å². The largest absolute Gasteiger partial charge is 0.481 e. The molecule has 2 unspecified atom stereocenters. The number of piperidine rings is 1. The molecule has 6 nitrogen and oxygen atoms in total. The smallest absolute Gasteiger partial charge is 0.306 e. The van der Waals surface area contributed by atoms with Crippen LogP contribution in [0.1, 0.15) is 125 Å². The number of carbonyl (C=O) groups excluding carboxylic acids is 1. The molecule has 2 aliphatic heterocycles. The molecule has 38 heavy (non-hydrogen) atoms. The first-order chi connectivity index (χ1) is 17.9. The molecule has 0 aromatic carbocycles. The van der Waals surface area contributed by atoms with Gasteiger partial charge in [-0.05, 0) is 114 Å². The highest BCUT2D eigenvalue weighted by Crippen LogP contribution is 2.46. The fourth-order valence-electron chi connectivity index (χ4n) is 7.88. The van der Waals surface area contributed by atoms with Crippen molar-refractivity contribution in [2.75, 3.05) is 13.1 Å². The average Bonchev–Trinajstić information content (AvgIpc) is 2.86. The minimum atomic E-state index is -0.653. The highest BCUT2D eigenvalue weighted by atomic mass is 16.4. The van der Waals surface area contributed by atoms with E-state index in [1.54, 1.807) is 0 Å². The van der Waals surface area contributed by atoms with Gasteiger partial charge in [-0.3, -0.25) is 14.6 Å². The molecule has 1 spiro atoms. The van der Waals surface area contributed by atoms with Crippen molar-refractivity contribution in [1.82, 2.24) is 9.80 Å². The van der Waals surface area contributed by atoms with Crippen LogP contribution in [0.2, 0.25) is 0 Å². The second-order valence-electron chi connectivity index (χ2n) is 14.8. The summed E-state index contributed by atoms with van der Waals surface area (Å²) in [4.78, 5) is 36.1. The number of carboxylic acids is 1. The van der Waals surface area contributed by atoms with Gasteiger partial charge in [0.05, 0.1) is 11.5 Å². The van der Waals surface area contributed by atoms with Gasteiger partial charge in [-0.25, -0.2) is 0 Å². The van der Waals surface area contributed by atoms with Gasteiger partial charge in [-0.1, -0.05) is 34.6 Å². The summed E-state index contributed by atoms with van der Waals surface area (Å²) >= 11 is 0. The fraction of sp³-hybridized carbons (Fsp3) is 0.906. The van der Waals surface area contributed by atoms with Crippen LogP contribution in [0.15, 0.2) is 4.99 Å². The normalized spacial score (nSPS) is 34.0. The van der Waals surface area contributed by atoms with E-state index in [0.29, 0.717) is 29.2 Å². The molecule has 2 saturated carbocycles. The molecule has 0 aromatic rings. The van der Waals surface area contributed by atoms with E-state index >= 15 is 0 Å². The fourth-order valence-corrected chi connectivity index (χ4v) is 7.88. The van der Waals surface area contributed by atoms with Crippen LogP contribution in [0.5, 0.6) is 0 Å². The van der Waals surface area contributed by atoms with Crippen molar-refractivity contribution in [3.63, 3.8) is 0 Å². The van der Waals surface area contributed by atoms with E-state index in [0.717, 1.165) is 83.1 Å². The predicted molar refractivity (Wildman–Crippen MR) is 154 cm³/mol. The molecular weight excluding hydrogens is 474 g/mol. The highest BCUT2D eigenvalue weighted by molar-refractivity contribution is 6.38. The zero-order valence-corrected chi connectivity index (χ0v) is 25.2. The lowest BCUT2D eigenvalue weighted by Gasteiger charge is -2.51. The number of hydrogen-bond acceptors (Lipinski definition) is 4. The molecule has 2 atom stereocenters. The lowest BCUT2D eigenvalue weighted by molar-refractivity contribution is -0.144. The van der Waals surface area contributed by atoms with E-state index in [2.05, 4.69) is 51.3 Å². The van der Waals surface area contributed by atoms with Crippen LogP contribution in [-0.4, -0.2) is 63.3 Å². The van der Waals surface area contributed by atoms with E-state index in [1.165, 1.54) is 19.3 Å². The Morgan fingerprint density at radius 3 is 2.24 bits per heavy atom. The van der Waals surface area contributed by atoms with Gasteiger partial charge in [0.25, 0.3) is 5.91 Å². The Bertz CT molecular complexity index is 860. The quantitative estimate of drug-likeness (QED) is 0.412. The monoisotopic (exact) mass is 529 g/mol. The third-order valence-corrected chi connectivity index (χ3v) is 10.6. The Kier molecular flexibility index (Phi) is 9.19. The lowest BCUT2D eigenvalue weighted by atomic mass is 9.66. The van der Waals surface area contributed by atoms with Crippen LogP contribution >= 0.6 is 0 Å². The SMILES string of the molecule is CC(C)CCC(C1CCC(C(=O)O)CC1)N1CC2(CCC(C(C)(C)C)CC2)N=C(N2CCCCC2C)C1=O. The number of aliphatic imine (C=N–C) groups is 1. The van der Waals surface area contributed by atoms with Gasteiger partial charge >= 0.3 is 5.97 Å². The zero-order chi connectivity index (χ0) is 27.7. The van der Waals surface area contributed by atoms with Crippen molar-refractivity contribution in [3.8, 4) is 0 Å². The van der Waals surface area contributed by atoms with E-state index in [-0.39, 0.29) is 23.4 Å². The first-order valence-electron chi connectivity index (χ1n) is 15.8. The van der Waals surface area contributed by atoms with Gasteiger partial charge in [0.2, 0.25) is 0 Å². The lowest BCUT2D eigenvalue weighted by Crippen LogP contribution is -2.62. The minimum Gasteiger partial charge on any atom is -0.481 e. The summed E-state index contributed by atoms with van der Waals surface area (Å²) < 4.78 is 0. The second kappa shape index (κ2) is 11.9. The third-order valence-electron chi connectivity index (χ3n) is 10.6. The summed E-state index contributed by atoms with van der Waals surface area (Å²) in [5, 5.41) is 9.59. The molecule has 0 aromatic heterocycles. The summed E-state index contributed by atoms with van der Waals surface area (Å²) in [5.74, 6) is 1.69. The van der Waals surface area contributed by atoms with Crippen LogP contribution in [0.3, 0.4) is 0 Å². The van der Waals surface area contributed by atoms with Crippen LogP contribution in [-0.2, 0) is 9.59 Å². The maximum Gasteiger partial charge on any atom is 0.306 e. The van der Waals surface area contributed by atoms with Crippen molar-refractivity contribution in [2.45, 2.75) is 143 Å². The number of carbonyl (C=O) groups is 2. The number of rotatable bonds is 6. The van der Waals surface area contributed by atoms with E-state index in [1.807, 2.05) is 0 Å². The molecule has 216 valence electrons. The molecule has 1 saturated heterocycles. The number of aliphatic carboxylic acids is 1. The van der Waals surface area contributed by atoms with Crippen molar-refractivity contribution in [1.29, 1.82) is 0 Å². The number of amides is 1. The van der Waals surface area contributed by atoms with Crippen molar-refractivity contribution in [2.24, 2.45) is 34.1 Å². The van der Waals surface area contributed by atoms with Crippen molar-refractivity contribution in [3.05, 3.63) is 0 Å². The summed E-state index contributed by atoms with van der Waals surface area (Å²) in [7, 11) is 0. The standard InChI is InChI=1S/C32H55N3O3/c1-22(2)10-15-27(24-11-13-25(14-12-24)30(37)38)35-21-32(18-16-26(17-19-32)31(4,5)6)33-28(29(35)36)34-20-8-7-9-23(34)3/h22-27H,7-21H2,1-6H3,(H,37,38). The molecule has 0 bridgehead atoms. The number of nitrogens with zero attached hydrogens (tertiary/aromatic N) is 3. The first-order valence-corrected chi connectivity index (χ1v) is 15.8. The number of amidine groups is 1. The minimum absolute atomic E-state index is 0.149. The summed E-state index contributed by atoms with van der Waals surface area (Å²) in [6.45, 7) is 15.6. The van der Waals surface area contributed by atoms with Crippen LogP contribution in [0.25, 0.3) is 0 Å². The first kappa shape index (κ1) is 29.4. The summed E-state index contributed by atoms with van der Waals surface area (Å²) in [5.41, 5.74) is 0.138. The molecule has 2 heterocycles. The molecular formula is C32H55N3O3. The Labute approximate surface area is 232 Å². The topological polar surface area (TPSA) is 73.2 Å². The Morgan fingerprint density at radius 1 is 1.03 bits per heavy atom. The zero-order valence-electron chi connectivity index (χ0n) is 25.2. The molecule has 6 heteroatoms. The number of likely N-dealkylation sites (tertiary alicyclic amines) is 1. The molecule has 1 N–H and O–H groups in total. The molecule has 3 fully saturated rings. The number of carboxylic acid groups (broad SMARTS) is 1. The van der Waals surface area contributed by atoms with Gasteiger partial charge in [0, 0.05) is 25.2 Å². The molecule has 4 aliphatic rings. The summed E-state index contributed by atoms with van der Waals surface area (Å²) in [6, 6.07) is 0.539. The van der Waals surface area contributed by atoms with Crippen molar-refractivity contribution >= 4 is 17.7 Å². The van der Waals surface area contributed by atoms with Gasteiger partial charge in [0.15, 0.2) is 5.84 Å². The summed E-state index contributed by atoms with van der Waals surface area (Å²) in [6.07, 6.45) is 13.4.